The topological polar surface area (TPSA) is 23.6 Å². The third kappa shape index (κ3) is 4.46. The maximum Gasteiger partial charge on any atom is 0.242 e. The fourth-order valence-electron chi connectivity index (χ4n) is 2.29. The molecule has 0 unspecified atom stereocenters. The summed E-state index contributed by atoms with van der Waals surface area (Å²) >= 11 is 1.67. The van der Waals surface area contributed by atoms with Gasteiger partial charge in [0, 0.05) is 23.7 Å². The highest BCUT2D eigenvalue weighted by Gasteiger charge is 2.16. The van der Waals surface area contributed by atoms with E-state index in [9.17, 15) is 4.79 Å². The lowest BCUT2D eigenvalue weighted by Crippen LogP contribution is -2.40. The van der Waals surface area contributed by atoms with E-state index in [-0.39, 0.29) is 5.91 Å². The molecule has 0 spiro atoms. The van der Waals surface area contributed by atoms with Crippen LogP contribution < -0.4 is 4.90 Å². The molecule has 1 amide bonds. The molecule has 0 atom stereocenters. The zero-order chi connectivity index (χ0) is 15.8. The van der Waals surface area contributed by atoms with Gasteiger partial charge in [0.15, 0.2) is 0 Å². The number of carbonyl (C=O) groups excluding carboxylic acids is 1. The van der Waals surface area contributed by atoms with Crippen LogP contribution in [0.25, 0.3) is 0 Å². The monoisotopic (exact) mass is 314 g/mol. The molecule has 0 radical (unpaired) electrons. The lowest BCUT2D eigenvalue weighted by atomic mass is 10.2. The molecule has 0 aliphatic heterocycles. The molecule has 2 aromatic rings. The fraction of sp³-hybridized carbons (Fsp3) is 0.278. The molecule has 2 rings (SSSR count). The zero-order valence-corrected chi connectivity index (χ0v) is 13.8. The van der Waals surface area contributed by atoms with E-state index >= 15 is 0 Å². The second-order valence-electron chi connectivity index (χ2n) is 4.99. The molecule has 0 aliphatic carbocycles. The lowest BCUT2D eigenvalue weighted by Gasteiger charge is -2.27. The van der Waals surface area contributed by atoms with Crippen LogP contribution in [0.15, 0.2) is 60.5 Å². The van der Waals surface area contributed by atoms with Gasteiger partial charge in [-0.15, -0.1) is 17.9 Å². The fourth-order valence-corrected chi connectivity index (χ4v) is 3.01. The van der Waals surface area contributed by atoms with Crippen LogP contribution in [0.4, 0.5) is 5.69 Å². The molecule has 22 heavy (non-hydrogen) atoms. The highest BCUT2D eigenvalue weighted by Crippen LogP contribution is 2.15. The van der Waals surface area contributed by atoms with Crippen molar-refractivity contribution in [2.45, 2.75) is 13.5 Å². The number of benzene rings is 1. The first kappa shape index (κ1) is 16.3. The van der Waals surface area contributed by atoms with Crippen LogP contribution in [0.3, 0.4) is 0 Å². The first-order valence-electron chi connectivity index (χ1n) is 7.45. The van der Waals surface area contributed by atoms with Gasteiger partial charge in [-0.2, -0.15) is 0 Å². The summed E-state index contributed by atoms with van der Waals surface area (Å²) in [4.78, 5) is 17.8. The molecule has 1 aromatic carbocycles. The second kappa shape index (κ2) is 8.39. The summed E-state index contributed by atoms with van der Waals surface area (Å²) in [5.41, 5.74) is 1.08. The molecule has 116 valence electrons. The van der Waals surface area contributed by atoms with Gasteiger partial charge in [0.1, 0.15) is 0 Å². The smallest absolute Gasteiger partial charge is 0.242 e. The number of anilines is 1. The molecule has 0 fully saturated rings. The molecular formula is C18H22N2OS. The van der Waals surface area contributed by atoms with Gasteiger partial charge in [0.05, 0.1) is 13.1 Å². The molecule has 0 N–H and O–H groups in total. The van der Waals surface area contributed by atoms with Crippen molar-refractivity contribution in [1.82, 2.24) is 4.90 Å². The Hall–Kier alpha value is -2.07. The predicted octanol–water partition coefficient (Wildman–Crippen LogP) is 3.79. The summed E-state index contributed by atoms with van der Waals surface area (Å²) in [5.74, 6) is 0.124. The summed E-state index contributed by atoms with van der Waals surface area (Å²) in [6, 6.07) is 14.1. The molecule has 3 nitrogen and oxygen atoms in total. The Morgan fingerprint density at radius 2 is 2.00 bits per heavy atom. The third-order valence-corrected chi connectivity index (χ3v) is 4.32. The normalized spacial score (nSPS) is 10.2. The van der Waals surface area contributed by atoms with Gasteiger partial charge < -0.3 is 9.80 Å². The van der Waals surface area contributed by atoms with Gasteiger partial charge >= 0.3 is 0 Å². The molecule has 1 aromatic heterocycles. The van der Waals surface area contributed by atoms with Crippen molar-refractivity contribution in [3.8, 4) is 0 Å². The highest BCUT2D eigenvalue weighted by molar-refractivity contribution is 7.09. The summed E-state index contributed by atoms with van der Waals surface area (Å²) < 4.78 is 0. The van der Waals surface area contributed by atoms with E-state index in [2.05, 4.69) is 24.5 Å². The average Bonchev–Trinajstić information content (AvgIpc) is 3.06. The Labute approximate surface area is 136 Å². The first-order valence-corrected chi connectivity index (χ1v) is 8.33. The van der Waals surface area contributed by atoms with Crippen molar-refractivity contribution >= 4 is 22.9 Å². The minimum Gasteiger partial charge on any atom is -0.362 e. The van der Waals surface area contributed by atoms with Crippen LogP contribution in [-0.2, 0) is 11.3 Å². The summed E-state index contributed by atoms with van der Waals surface area (Å²) in [6.07, 6.45) is 1.78. The van der Waals surface area contributed by atoms with Gasteiger partial charge in [-0.3, -0.25) is 4.79 Å². The first-order chi connectivity index (χ1) is 10.7. The van der Waals surface area contributed by atoms with E-state index in [0.717, 1.165) is 12.2 Å². The van der Waals surface area contributed by atoms with Crippen molar-refractivity contribution in [3.05, 3.63) is 65.4 Å². The maximum atomic E-state index is 12.6. The lowest BCUT2D eigenvalue weighted by molar-refractivity contribution is -0.129. The Balaban J connectivity index is 2.04. The third-order valence-electron chi connectivity index (χ3n) is 3.46. The van der Waals surface area contributed by atoms with E-state index in [1.54, 1.807) is 17.4 Å². The number of nitrogens with zero attached hydrogens (tertiary/aromatic N) is 2. The molecule has 1 heterocycles. The van der Waals surface area contributed by atoms with Crippen LogP contribution >= 0.6 is 11.3 Å². The minimum atomic E-state index is 0.124. The summed E-state index contributed by atoms with van der Waals surface area (Å²) in [5, 5.41) is 2.04. The standard InChI is InChI=1S/C18H22N2OS/c1-3-12-20(14-17-11-8-13-22-17)18(21)15-19(4-2)16-9-6-5-7-10-16/h3,5-11,13H,1,4,12,14-15H2,2H3. The van der Waals surface area contributed by atoms with Crippen molar-refractivity contribution in [3.63, 3.8) is 0 Å². The highest BCUT2D eigenvalue weighted by atomic mass is 32.1. The molecule has 0 bridgehead atoms. The van der Waals surface area contributed by atoms with Gasteiger partial charge in [-0.05, 0) is 30.5 Å². The van der Waals surface area contributed by atoms with Gasteiger partial charge in [0.25, 0.3) is 0 Å². The number of hydrogen-bond acceptors (Lipinski definition) is 3. The number of hydrogen-bond donors (Lipinski definition) is 0. The van der Waals surface area contributed by atoms with Gasteiger partial charge in [-0.1, -0.05) is 30.3 Å². The van der Waals surface area contributed by atoms with E-state index < -0.39 is 0 Å². The van der Waals surface area contributed by atoms with Crippen LogP contribution in [-0.4, -0.2) is 30.4 Å². The number of carbonyl (C=O) groups is 1. The Bertz CT molecular complexity index is 580. The van der Waals surface area contributed by atoms with Gasteiger partial charge in [-0.25, -0.2) is 0 Å². The SMILES string of the molecule is C=CCN(Cc1cccs1)C(=O)CN(CC)c1ccccc1. The molecule has 0 saturated carbocycles. The zero-order valence-electron chi connectivity index (χ0n) is 12.9. The Morgan fingerprint density at radius 1 is 1.23 bits per heavy atom. The van der Waals surface area contributed by atoms with Crippen LogP contribution in [0.2, 0.25) is 0 Å². The van der Waals surface area contributed by atoms with Gasteiger partial charge in [0.2, 0.25) is 5.91 Å². The predicted molar refractivity (Wildman–Crippen MR) is 94.3 cm³/mol. The van der Waals surface area contributed by atoms with Crippen molar-refractivity contribution in [2.75, 3.05) is 24.5 Å². The quantitative estimate of drug-likeness (QED) is 0.692. The molecule has 0 aliphatic rings. The van der Waals surface area contributed by atoms with Crippen LogP contribution in [0.1, 0.15) is 11.8 Å². The number of thiophene rings is 1. The summed E-state index contributed by atoms with van der Waals surface area (Å²) in [7, 11) is 0. The van der Waals surface area contributed by atoms with E-state index in [4.69, 9.17) is 0 Å². The largest absolute Gasteiger partial charge is 0.362 e. The van der Waals surface area contributed by atoms with Crippen molar-refractivity contribution in [1.29, 1.82) is 0 Å². The molecular weight excluding hydrogens is 292 g/mol. The van der Waals surface area contributed by atoms with E-state index in [1.807, 2.05) is 46.7 Å². The Morgan fingerprint density at radius 3 is 2.59 bits per heavy atom. The Kier molecular flexibility index (Phi) is 6.22. The maximum absolute atomic E-state index is 12.6. The molecule has 4 heteroatoms. The summed E-state index contributed by atoms with van der Waals surface area (Å²) in [6.45, 7) is 8.24. The number of amides is 1. The number of likely N-dealkylation sites (N-methyl/N-ethyl adjacent to an activating group) is 1. The molecule has 0 saturated heterocycles. The van der Waals surface area contributed by atoms with E-state index in [0.29, 0.717) is 19.6 Å². The van der Waals surface area contributed by atoms with E-state index in [1.165, 1.54) is 4.88 Å². The minimum absolute atomic E-state index is 0.124. The number of rotatable bonds is 8. The van der Waals surface area contributed by atoms with Crippen LogP contribution in [0.5, 0.6) is 0 Å². The van der Waals surface area contributed by atoms with Crippen LogP contribution in [0, 0.1) is 0 Å². The van der Waals surface area contributed by atoms with Crippen molar-refractivity contribution in [2.24, 2.45) is 0 Å². The average molecular weight is 314 g/mol. The van der Waals surface area contributed by atoms with Crippen molar-refractivity contribution < 1.29 is 4.79 Å². The number of para-hydroxylation sites is 1. The second-order valence-corrected chi connectivity index (χ2v) is 6.02.